The van der Waals surface area contributed by atoms with Crippen LogP contribution in [-0.4, -0.2) is 5.11 Å². The summed E-state index contributed by atoms with van der Waals surface area (Å²) in [6.07, 6.45) is 0. The minimum atomic E-state index is 0.306. The molecule has 0 fully saturated rings. The number of nitrogen functional groups attached to an aromatic ring is 1. The number of aryl methyl sites for hydroxylation is 1. The normalized spacial score (nSPS) is 10.4. The van der Waals surface area contributed by atoms with Gasteiger partial charge in [0.1, 0.15) is 5.75 Å². The molecular weight excluding hydrogens is 230 g/mol. The third kappa shape index (κ3) is 3.17. The SMILES string of the molecule is Cc1ccc(N)c(SCc2cccc(O)c2)c1. The molecular formula is C14H15NOS. The molecule has 0 spiro atoms. The van der Waals surface area contributed by atoms with Crippen molar-refractivity contribution >= 4 is 17.4 Å². The van der Waals surface area contributed by atoms with Crippen LogP contribution in [0.15, 0.2) is 47.4 Å². The molecule has 0 aliphatic rings. The van der Waals surface area contributed by atoms with E-state index in [1.54, 1.807) is 23.9 Å². The maximum Gasteiger partial charge on any atom is 0.115 e. The summed E-state index contributed by atoms with van der Waals surface area (Å²) in [5.74, 6) is 1.11. The molecule has 2 aromatic rings. The van der Waals surface area contributed by atoms with E-state index in [9.17, 15) is 5.11 Å². The highest BCUT2D eigenvalue weighted by molar-refractivity contribution is 7.98. The molecule has 0 aliphatic heterocycles. The van der Waals surface area contributed by atoms with Gasteiger partial charge in [-0.3, -0.25) is 0 Å². The summed E-state index contributed by atoms with van der Waals surface area (Å²) < 4.78 is 0. The topological polar surface area (TPSA) is 46.2 Å². The van der Waals surface area contributed by atoms with E-state index in [0.29, 0.717) is 5.75 Å². The lowest BCUT2D eigenvalue weighted by Crippen LogP contribution is -1.89. The fraction of sp³-hybridized carbons (Fsp3) is 0.143. The van der Waals surface area contributed by atoms with E-state index in [0.717, 1.165) is 21.9 Å². The van der Waals surface area contributed by atoms with Crippen LogP contribution < -0.4 is 5.73 Å². The molecule has 3 heteroatoms. The van der Waals surface area contributed by atoms with Gasteiger partial charge in [0.15, 0.2) is 0 Å². The van der Waals surface area contributed by atoms with Crippen molar-refractivity contribution in [2.75, 3.05) is 5.73 Å². The first-order valence-corrected chi connectivity index (χ1v) is 6.40. The lowest BCUT2D eigenvalue weighted by molar-refractivity contribution is 0.475. The molecule has 3 N–H and O–H groups in total. The standard InChI is InChI=1S/C14H15NOS/c1-10-5-6-13(15)14(7-10)17-9-11-3-2-4-12(16)8-11/h2-8,16H,9,15H2,1H3. The second-order valence-electron chi connectivity index (χ2n) is 4.00. The maximum atomic E-state index is 9.38. The third-order valence-corrected chi connectivity index (χ3v) is 3.62. The number of rotatable bonds is 3. The fourth-order valence-electron chi connectivity index (χ4n) is 1.57. The molecule has 0 aliphatic carbocycles. The molecule has 0 radical (unpaired) electrons. The first kappa shape index (κ1) is 11.9. The average Bonchev–Trinajstić information content (AvgIpc) is 2.30. The number of nitrogens with two attached hydrogens (primary N) is 1. The first-order chi connectivity index (χ1) is 8.15. The summed E-state index contributed by atoms with van der Waals surface area (Å²) in [4.78, 5) is 1.09. The van der Waals surface area contributed by atoms with Gasteiger partial charge < -0.3 is 10.8 Å². The fourth-order valence-corrected chi connectivity index (χ4v) is 2.58. The summed E-state index contributed by atoms with van der Waals surface area (Å²) in [6.45, 7) is 2.05. The summed E-state index contributed by atoms with van der Waals surface area (Å²) in [5.41, 5.74) is 9.02. The summed E-state index contributed by atoms with van der Waals surface area (Å²) in [5, 5.41) is 9.38. The van der Waals surface area contributed by atoms with E-state index >= 15 is 0 Å². The largest absolute Gasteiger partial charge is 0.508 e. The van der Waals surface area contributed by atoms with Gasteiger partial charge in [-0.05, 0) is 42.3 Å². The van der Waals surface area contributed by atoms with Gasteiger partial charge in [-0.2, -0.15) is 0 Å². The Morgan fingerprint density at radius 2 is 2.00 bits per heavy atom. The van der Waals surface area contributed by atoms with Crippen molar-refractivity contribution < 1.29 is 5.11 Å². The Balaban J connectivity index is 2.09. The second-order valence-corrected chi connectivity index (χ2v) is 5.02. The monoisotopic (exact) mass is 245 g/mol. The molecule has 88 valence electrons. The Kier molecular flexibility index (Phi) is 3.59. The molecule has 17 heavy (non-hydrogen) atoms. The predicted octanol–water partition coefficient (Wildman–Crippen LogP) is 3.58. The predicted molar refractivity (Wildman–Crippen MR) is 73.3 cm³/mol. The van der Waals surface area contributed by atoms with Crippen LogP contribution in [0.1, 0.15) is 11.1 Å². The highest BCUT2D eigenvalue weighted by Gasteiger charge is 2.01. The van der Waals surface area contributed by atoms with E-state index < -0.39 is 0 Å². The molecule has 0 heterocycles. The number of benzene rings is 2. The zero-order valence-electron chi connectivity index (χ0n) is 9.68. The van der Waals surface area contributed by atoms with Gasteiger partial charge >= 0.3 is 0 Å². The molecule has 0 saturated heterocycles. The van der Waals surface area contributed by atoms with Gasteiger partial charge in [-0.15, -0.1) is 11.8 Å². The van der Waals surface area contributed by atoms with Crippen molar-refractivity contribution in [3.63, 3.8) is 0 Å². The molecule has 2 aromatic carbocycles. The van der Waals surface area contributed by atoms with Gasteiger partial charge in [-0.25, -0.2) is 0 Å². The van der Waals surface area contributed by atoms with Crippen molar-refractivity contribution in [3.8, 4) is 5.75 Å². The lowest BCUT2D eigenvalue weighted by atomic mass is 10.2. The lowest BCUT2D eigenvalue weighted by Gasteiger charge is -2.06. The van der Waals surface area contributed by atoms with Crippen molar-refractivity contribution in [1.82, 2.24) is 0 Å². The number of anilines is 1. The molecule has 2 nitrogen and oxygen atoms in total. The van der Waals surface area contributed by atoms with E-state index in [1.807, 2.05) is 24.3 Å². The highest BCUT2D eigenvalue weighted by atomic mass is 32.2. The second kappa shape index (κ2) is 5.15. The number of phenolic OH excluding ortho intramolecular Hbond substituents is 1. The van der Waals surface area contributed by atoms with Gasteiger partial charge in [0, 0.05) is 16.3 Å². The van der Waals surface area contributed by atoms with Crippen LogP contribution in [0.4, 0.5) is 5.69 Å². The van der Waals surface area contributed by atoms with Crippen LogP contribution in [0.5, 0.6) is 5.75 Å². The van der Waals surface area contributed by atoms with Crippen molar-refractivity contribution in [2.45, 2.75) is 17.6 Å². The average molecular weight is 245 g/mol. The van der Waals surface area contributed by atoms with Gasteiger partial charge in [0.05, 0.1) is 0 Å². The molecule has 0 unspecified atom stereocenters. The Labute approximate surface area is 105 Å². The van der Waals surface area contributed by atoms with E-state index in [4.69, 9.17) is 5.73 Å². The third-order valence-electron chi connectivity index (χ3n) is 2.47. The van der Waals surface area contributed by atoms with Crippen LogP contribution in [0.3, 0.4) is 0 Å². The van der Waals surface area contributed by atoms with Crippen LogP contribution in [0.2, 0.25) is 0 Å². The minimum absolute atomic E-state index is 0.306. The Morgan fingerprint density at radius 3 is 2.76 bits per heavy atom. The van der Waals surface area contributed by atoms with Gasteiger partial charge in [0.2, 0.25) is 0 Å². The van der Waals surface area contributed by atoms with Crippen molar-refractivity contribution in [1.29, 1.82) is 0 Å². The Bertz CT molecular complexity index is 525. The van der Waals surface area contributed by atoms with Crippen LogP contribution in [0.25, 0.3) is 0 Å². The Hall–Kier alpha value is -1.61. The number of aromatic hydroxyl groups is 1. The molecule has 0 bridgehead atoms. The van der Waals surface area contributed by atoms with E-state index in [2.05, 4.69) is 13.0 Å². The van der Waals surface area contributed by atoms with Gasteiger partial charge in [-0.1, -0.05) is 18.2 Å². The first-order valence-electron chi connectivity index (χ1n) is 5.42. The quantitative estimate of drug-likeness (QED) is 0.642. The molecule has 0 aromatic heterocycles. The highest BCUT2D eigenvalue weighted by Crippen LogP contribution is 2.29. The zero-order chi connectivity index (χ0) is 12.3. The summed E-state index contributed by atoms with van der Waals surface area (Å²) in [6, 6.07) is 13.3. The smallest absolute Gasteiger partial charge is 0.115 e. The Morgan fingerprint density at radius 1 is 1.18 bits per heavy atom. The number of hydrogen-bond acceptors (Lipinski definition) is 3. The molecule has 0 saturated carbocycles. The summed E-state index contributed by atoms with van der Waals surface area (Å²) in [7, 11) is 0. The van der Waals surface area contributed by atoms with Crippen molar-refractivity contribution in [2.24, 2.45) is 0 Å². The van der Waals surface area contributed by atoms with E-state index in [1.165, 1.54) is 5.56 Å². The van der Waals surface area contributed by atoms with Crippen LogP contribution in [-0.2, 0) is 5.75 Å². The van der Waals surface area contributed by atoms with Crippen molar-refractivity contribution in [3.05, 3.63) is 53.6 Å². The minimum Gasteiger partial charge on any atom is -0.508 e. The number of thioether (sulfide) groups is 1. The number of phenols is 1. The number of hydrogen-bond donors (Lipinski definition) is 2. The molecule has 2 rings (SSSR count). The molecule has 0 atom stereocenters. The maximum absolute atomic E-state index is 9.38. The summed E-state index contributed by atoms with van der Waals surface area (Å²) >= 11 is 1.69. The van der Waals surface area contributed by atoms with Gasteiger partial charge in [0.25, 0.3) is 0 Å². The van der Waals surface area contributed by atoms with Crippen LogP contribution >= 0.6 is 11.8 Å². The van der Waals surface area contributed by atoms with E-state index in [-0.39, 0.29) is 0 Å². The zero-order valence-corrected chi connectivity index (χ0v) is 10.5. The van der Waals surface area contributed by atoms with Crippen LogP contribution in [0, 0.1) is 6.92 Å². The molecule has 0 amide bonds.